The maximum Gasteiger partial charge on any atom is 0.162 e. The Balaban J connectivity index is 2.00. The van der Waals surface area contributed by atoms with Crippen LogP contribution in [0.3, 0.4) is 0 Å². The predicted molar refractivity (Wildman–Crippen MR) is 108 cm³/mol. The first-order valence-electron chi connectivity index (χ1n) is 9.74. The first-order valence-corrected chi connectivity index (χ1v) is 11.3. The fourth-order valence-corrected chi connectivity index (χ4v) is 5.32. The molecule has 0 saturated carbocycles. The number of benzene rings is 1. The molecule has 2 aliphatic heterocycles. The summed E-state index contributed by atoms with van der Waals surface area (Å²) in [5.74, 6) is 0.00742. The zero-order chi connectivity index (χ0) is 19.4. The van der Waals surface area contributed by atoms with Crippen LogP contribution in [0.2, 0.25) is 5.02 Å². The third-order valence-corrected chi connectivity index (χ3v) is 7.30. The van der Waals surface area contributed by atoms with E-state index in [0.717, 1.165) is 36.8 Å². The molecule has 3 atom stereocenters. The van der Waals surface area contributed by atoms with Crippen molar-refractivity contribution >= 4 is 23.0 Å². The summed E-state index contributed by atoms with van der Waals surface area (Å²) >= 11 is 4.89. The molecule has 1 fully saturated rings. The molecule has 0 aromatic heterocycles. The van der Waals surface area contributed by atoms with Crippen LogP contribution in [-0.4, -0.2) is 35.4 Å². The molecule has 0 spiro atoms. The van der Waals surface area contributed by atoms with E-state index >= 15 is 0 Å². The largest absolute Gasteiger partial charge is 0.598 e. The molecule has 0 bridgehead atoms. The van der Waals surface area contributed by atoms with Gasteiger partial charge in [0.1, 0.15) is 0 Å². The summed E-state index contributed by atoms with van der Waals surface area (Å²) in [6.45, 7) is 6.73. The van der Waals surface area contributed by atoms with Crippen molar-refractivity contribution in [1.29, 1.82) is 0 Å². The molecule has 1 aromatic carbocycles. The van der Waals surface area contributed by atoms with E-state index in [-0.39, 0.29) is 12.2 Å². The molecule has 5 nitrogen and oxygen atoms in total. The highest BCUT2D eigenvalue weighted by Gasteiger charge is 2.48. The number of nitrogens with two attached hydrogens (primary N) is 1. The maximum absolute atomic E-state index is 12.8. The van der Waals surface area contributed by atoms with E-state index in [1.54, 1.807) is 0 Å². The summed E-state index contributed by atoms with van der Waals surface area (Å²) < 4.78 is 29.3. The second kappa shape index (κ2) is 9.44. The minimum Gasteiger partial charge on any atom is -0.598 e. The third-order valence-electron chi connectivity index (χ3n) is 5.71. The Labute approximate surface area is 170 Å². The molecule has 152 valence electrons. The third kappa shape index (κ3) is 4.81. The fourth-order valence-electron chi connectivity index (χ4n) is 4.25. The summed E-state index contributed by atoms with van der Waals surface area (Å²) in [7, 11) is 0. The minimum absolute atomic E-state index is 0.00742. The summed E-state index contributed by atoms with van der Waals surface area (Å²) in [5, 5.41) is 6.76. The summed E-state index contributed by atoms with van der Waals surface area (Å²) in [6, 6.07) is 4.01. The van der Waals surface area contributed by atoms with Crippen LogP contribution in [-0.2, 0) is 38.6 Å². The average molecular weight is 416 g/mol. The van der Waals surface area contributed by atoms with Gasteiger partial charge in [-0.15, -0.1) is 0 Å². The van der Waals surface area contributed by atoms with Gasteiger partial charge < -0.3 is 18.8 Å². The van der Waals surface area contributed by atoms with Crippen LogP contribution >= 0.6 is 11.6 Å². The van der Waals surface area contributed by atoms with Crippen LogP contribution in [0.5, 0.6) is 0 Å². The van der Waals surface area contributed by atoms with Gasteiger partial charge in [-0.25, -0.2) is 0 Å². The van der Waals surface area contributed by atoms with Gasteiger partial charge in [-0.1, -0.05) is 24.9 Å². The lowest BCUT2D eigenvalue weighted by Gasteiger charge is -2.40. The topological polar surface area (TPSA) is 76.8 Å². The molecule has 0 aliphatic carbocycles. The molecule has 2 N–H and O–H groups in total. The first-order chi connectivity index (χ1) is 13.0. The van der Waals surface area contributed by atoms with Crippen molar-refractivity contribution in [2.75, 3.05) is 19.8 Å². The SMILES string of the molecule is CCCC(c1cc(Cl)cc2c1CCOC2)C(C)(CC1OCCCO1)[S+](N)[O-]. The second-order valence-corrected chi connectivity index (χ2v) is 9.58. The van der Waals surface area contributed by atoms with E-state index in [0.29, 0.717) is 37.9 Å². The van der Waals surface area contributed by atoms with Crippen molar-refractivity contribution in [3.05, 3.63) is 33.8 Å². The number of hydrogen-bond acceptors (Lipinski definition) is 5. The Morgan fingerprint density at radius 3 is 2.74 bits per heavy atom. The Kier molecular flexibility index (Phi) is 7.47. The highest BCUT2D eigenvalue weighted by Crippen LogP contribution is 2.44. The molecule has 2 aliphatic rings. The molecule has 0 amide bonds. The molecular weight excluding hydrogens is 386 g/mol. The Morgan fingerprint density at radius 1 is 1.33 bits per heavy atom. The van der Waals surface area contributed by atoms with E-state index in [9.17, 15) is 4.55 Å². The maximum atomic E-state index is 12.8. The normalized spacial score (nSPS) is 22.7. The van der Waals surface area contributed by atoms with E-state index in [4.69, 9.17) is 31.0 Å². The summed E-state index contributed by atoms with van der Waals surface area (Å²) in [5.41, 5.74) is 3.55. The lowest BCUT2D eigenvalue weighted by molar-refractivity contribution is -0.185. The van der Waals surface area contributed by atoms with Gasteiger partial charge in [0.25, 0.3) is 0 Å². The van der Waals surface area contributed by atoms with Crippen molar-refractivity contribution < 1.29 is 18.8 Å². The standard InChI is InChI=1S/C20H30ClNO4S/c1-3-5-18(17-11-15(21)10-14-13-24-9-6-16(14)17)20(2,27(22)23)12-19-25-7-4-8-26-19/h10-11,18-19H,3-9,12-13,22H2,1-2H3. The fraction of sp³-hybridized carbons (Fsp3) is 0.700. The van der Waals surface area contributed by atoms with Gasteiger partial charge in [-0.3, -0.25) is 0 Å². The van der Waals surface area contributed by atoms with Gasteiger partial charge >= 0.3 is 0 Å². The molecular formula is C20H30ClNO4S. The van der Waals surface area contributed by atoms with E-state index in [2.05, 4.69) is 6.92 Å². The summed E-state index contributed by atoms with van der Waals surface area (Å²) in [6.07, 6.45) is 3.69. The molecule has 0 radical (unpaired) electrons. The average Bonchev–Trinajstić information content (AvgIpc) is 2.66. The number of fused-ring (bicyclic) bond motifs is 1. The summed E-state index contributed by atoms with van der Waals surface area (Å²) in [4.78, 5) is 0. The number of ether oxygens (including phenoxy) is 3. The van der Waals surface area contributed by atoms with Crippen LogP contribution in [0.1, 0.15) is 62.1 Å². The van der Waals surface area contributed by atoms with Crippen molar-refractivity contribution in [1.82, 2.24) is 0 Å². The van der Waals surface area contributed by atoms with Crippen LogP contribution in [0.25, 0.3) is 0 Å². The highest BCUT2D eigenvalue weighted by atomic mass is 35.5. The van der Waals surface area contributed by atoms with Crippen molar-refractivity contribution in [2.45, 2.75) is 69.5 Å². The predicted octanol–water partition coefficient (Wildman–Crippen LogP) is 3.83. The molecule has 7 heteroatoms. The zero-order valence-corrected chi connectivity index (χ0v) is 17.7. The van der Waals surface area contributed by atoms with Crippen molar-refractivity contribution in [3.8, 4) is 0 Å². The smallest absolute Gasteiger partial charge is 0.162 e. The zero-order valence-electron chi connectivity index (χ0n) is 16.2. The van der Waals surface area contributed by atoms with Crippen LogP contribution in [0.15, 0.2) is 12.1 Å². The van der Waals surface area contributed by atoms with E-state index < -0.39 is 16.1 Å². The van der Waals surface area contributed by atoms with Gasteiger partial charge in [-0.05, 0) is 55.0 Å². The van der Waals surface area contributed by atoms with E-state index in [1.807, 2.05) is 19.1 Å². The van der Waals surface area contributed by atoms with Gasteiger partial charge in [0.2, 0.25) is 0 Å². The Morgan fingerprint density at radius 2 is 2.07 bits per heavy atom. The second-order valence-electron chi connectivity index (χ2n) is 7.62. The molecule has 1 saturated heterocycles. The number of rotatable bonds is 7. The van der Waals surface area contributed by atoms with Gasteiger partial charge in [0, 0.05) is 22.3 Å². The lowest BCUT2D eigenvalue weighted by atomic mass is 9.77. The van der Waals surface area contributed by atoms with Crippen LogP contribution in [0, 0.1) is 0 Å². The Hall–Kier alpha value is -0.340. The van der Waals surface area contributed by atoms with Gasteiger partial charge in [-0.2, -0.15) is 5.14 Å². The quantitative estimate of drug-likeness (QED) is 0.685. The monoisotopic (exact) mass is 415 g/mol. The van der Waals surface area contributed by atoms with Crippen LogP contribution in [0.4, 0.5) is 0 Å². The van der Waals surface area contributed by atoms with Crippen molar-refractivity contribution in [2.24, 2.45) is 5.14 Å². The number of halogens is 1. The first kappa shape index (κ1) is 21.4. The highest BCUT2D eigenvalue weighted by molar-refractivity contribution is 7.90. The molecule has 2 heterocycles. The van der Waals surface area contributed by atoms with E-state index in [1.165, 1.54) is 5.56 Å². The molecule has 1 aromatic rings. The molecule has 3 rings (SSSR count). The van der Waals surface area contributed by atoms with Gasteiger partial charge in [0.15, 0.2) is 11.0 Å². The Bertz CT molecular complexity index is 639. The number of hydrogen-bond donors (Lipinski definition) is 1. The lowest BCUT2D eigenvalue weighted by Crippen LogP contribution is -2.49. The van der Waals surface area contributed by atoms with Crippen molar-refractivity contribution in [3.63, 3.8) is 0 Å². The minimum atomic E-state index is -1.54. The molecule has 3 unspecified atom stereocenters. The van der Waals surface area contributed by atoms with Gasteiger partial charge in [0.05, 0.1) is 32.8 Å². The molecule has 27 heavy (non-hydrogen) atoms. The van der Waals surface area contributed by atoms with Crippen LogP contribution < -0.4 is 5.14 Å².